The fraction of sp³-hybridized carbons (Fsp3) is 0.688. The number of rotatable bonds is 2. The molecule has 0 bridgehead atoms. The molecule has 3 unspecified atom stereocenters. The summed E-state index contributed by atoms with van der Waals surface area (Å²) >= 11 is 0. The van der Waals surface area contributed by atoms with Gasteiger partial charge in [-0.05, 0) is 41.7 Å². The number of hydrogen-bond acceptors (Lipinski definition) is 2. The van der Waals surface area contributed by atoms with Gasteiger partial charge in [0.25, 0.3) is 0 Å². The number of hydrogen-bond donors (Lipinski definition) is 1. The molecule has 5 heteroatoms. The van der Waals surface area contributed by atoms with Crippen LogP contribution >= 0.6 is 0 Å². The molecule has 1 aliphatic carbocycles. The van der Waals surface area contributed by atoms with Crippen LogP contribution in [-0.2, 0) is 11.6 Å². The predicted molar refractivity (Wildman–Crippen MR) is 76.7 cm³/mol. The molecule has 2 nitrogen and oxygen atoms in total. The van der Waals surface area contributed by atoms with E-state index in [9.17, 15) is 13.2 Å². The SMILES string of the molecule is CC1CCC(C(C)(C)c2cnccc2C(F)(F)F)C(N)C1. The van der Waals surface area contributed by atoms with Crippen molar-refractivity contribution in [3.8, 4) is 0 Å². The molecular weight excluding hydrogens is 277 g/mol. The van der Waals surface area contributed by atoms with E-state index in [-0.39, 0.29) is 17.5 Å². The number of alkyl halides is 3. The third-order valence-corrected chi connectivity index (χ3v) is 4.91. The molecule has 0 radical (unpaired) electrons. The normalized spacial score (nSPS) is 27.7. The lowest BCUT2D eigenvalue weighted by Crippen LogP contribution is -2.46. The molecule has 118 valence electrons. The molecule has 1 aromatic rings. The maximum absolute atomic E-state index is 13.2. The van der Waals surface area contributed by atoms with Crippen molar-refractivity contribution in [2.45, 2.75) is 57.7 Å². The van der Waals surface area contributed by atoms with Crippen LogP contribution in [0.5, 0.6) is 0 Å². The lowest BCUT2D eigenvalue weighted by molar-refractivity contribution is -0.139. The van der Waals surface area contributed by atoms with Gasteiger partial charge in [0.1, 0.15) is 0 Å². The van der Waals surface area contributed by atoms with Crippen LogP contribution in [0.1, 0.15) is 51.2 Å². The molecule has 2 rings (SSSR count). The highest BCUT2D eigenvalue weighted by Crippen LogP contribution is 2.45. The van der Waals surface area contributed by atoms with Gasteiger partial charge in [0.15, 0.2) is 0 Å². The Morgan fingerprint density at radius 2 is 1.86 bits per heavy atom. The van der Waals surface area contributed by atoms with Crippen molar-refractivity contribution in [3.05, 3.63) is 29.6 Å². The summed E-state index contributed by atoms with van der Waals surface area (Å²) in [7, 11) is 0. The minimum absolute atomic E-state index is 0.0407. The minimum Gasteiger partial charge on any atom is -0.327 e. The third-order valence-electron chi connectivity index (χ3n) is 4.91. The second-order valence-electron chi connectivity index (χ2n) is 6.83. The quantitative estimate of drug-likeness (QED) is 0.891. The summed E-state index contributed by atoms with van der Waals surface area (Å²) in [4.78, 5) is 3.92. The van der Waals surface area contributed by atoms with E-state index in [4.69, 9.17) is 5.73 Å². The highest BCUT2D eigenvalue weighted by molar-refractivity contribution is 5.34. The van der Waals surface area contributed by atoms with Gasteiger partial charge < -0.3 is 5.73 Å². The van der Waals surface area contributed by atoms with Crippen LogP contribution in [-0.4, -0.2) is 11.0 Å². The average Bonchev–Trinajstić information content (AvgIpc) is 2.37. The van der Waals surface area contributed by atoms with Gasteiger partial charge in [0, 0.05) is 18.4 Å². The van der Waals surface area contributed by atoms with Gasteiger partial charge in [-0.2, -0.15) is 13.2 Å². The summed E-state index contributed by atoms with van der Waals surface area (Å²) in [5, 5.41) is 0. The molecule has 0 aromatic carbocycles. The van der Waals surface area contributed by atoms with E-state index >= 15 is 0 Å². The van der Waals surface area contributed by atoms with E-state index in [1.165, 1.54) is 12.4 Å². The van der Waals surface area contributed by atoms with E-state index in [1.54, 1.807) is 0 Å². The monoisotopic (exact) mass is 300 g/mol. The van der Waals surface area contributed by atoms with Gasteiger partial charge in [0.05, 0.1) is 5.56 Å². The Morgan fingerprint density at radius 3 is 2.43 bits per heavy atom. The first kappa shape index (κ1) is 16.3. The number of nitrogens with zero attached hydrogens (tertiary/aromatic N) is 1. The van der Waals surface area contributed by atoms with Crippen LogP contribution in [0.2, 0.25) is 0 Å². The topological polar surface area (TPSA) is 38.9 Å². The summed E-state index contributed by atoms with van der Waals surface area (Å²) in [5.41, 5.74) is 5.28. The average molecular weight is 300 g/mol. The van der Waals surface area contributed by atoms with Gasteiger partial charge in [-0.25, -0.2) is 0 Å². The number of halogens is 3. The summed E-state index contributed by atoms with van der Waals surface area (Å²) < 4.78 is 39.7. The van der Waals surface area contributed by atoms with Crippen LogP contribution in [0.3, 0.4) is 0 Å². The lowest BCUT2D eigenvalue weighted by Gasteiger charge is -2.43. The lowest BCUT2D eigenvalue weighted by atomic mass is 9.63. The predicted octanol–water partition coefficient (Wildman–Crippen LogP) is 4.14. The summed E-state index contributed by atoms with van der Waals surface area (Å²) in [6, 6.07) is 0.999. The minimum atomic E-state index is -4.36. The number of pyridine rings is 1. The smallest absolute Gasteiger partial charge is 0.327 e. The van der Waals surface area contributed by atoms with E-state index in [0.29, 0.717) is 5.92 Å². The fourth-order valence-electron chi connectivity index (χ4n) is 3.68. The van der Waals surface area contributed by atoms with E-state index < -0.39 is 17.2 Å². The Hall–Kier alpha value is -1.10. The highest BCUT2D eigenvalue weighted by Gasteiger charge is 2.43. The largest absolute Gasteiger partial charge is 0.416 e. The van der Waals surface area contributed by atoms with E-state index in [0.717, 1.165) is 25.3 Å². The van der Waals surface area contributed by atoms with Crippen molar-refractivity contribution in [1.29, 1.82) is 0 Å². The Labute approximate surface area is 123 Å². The zero-order chi connectivity index (χ0) is 15.8. The molecule has 0 aliphatic heterocycles. The van der Waals surface area contributed by atoms with Gasteiger partial charge >= 0.3 is 6.18 Å². The van der Waals surface area contributed by atoms with E-state index in [2.05, 4.69) is 11.9 Å². The standard InChI is InChI=1S/C16H23F3N2/c1-10-4-5-12(14(20)8-10)15(2,3)13-9-21-7-6-11(13)16(17,18)19/h6-7,9-10,12,14H,4-5,8,20H2,1-3H3. The highest BCUT2D eigenvalue weighted by atomic mass is 19.4. The summed E-state index contributed by atoms with van der Waals surface area (Å²) in [6.07, 6.45) is 0.946. The van der Waals surface area contributed by atoms with Crippen molar-refractivity contribution in [2.24, 2.45) is 17.6 Å². The molecule has 0 spiro atoms. The van der Waals surface area contributed by atoms with Crippen LogP contribution in [0.4, 0.5) is 13.2 Å². The maximum atomic E-state index is 13.2. The second-order valence-corrected chi connectivity index (χ2v) is 6.83. The Bertz CT molecular complexity index is 497. The zero-order valence-corrected chi connectivity index (χ0v) is 12.7. The molecular formula is C16H23F3N2. The van der Waals surface area contributed by atoms with Gasteiger partial charge in [-0.15, -0.1) is 0 Å². The van der Waals surface area contributed by atoms with Crippen molar-refractivity contribution in [3.63, 3.8) is 0 Å². The third kappa shape index (κ3) is 3.23. The molecule has 1 heterocycles. The Balaban J connectivity index is 2.40. The zero-order valence-electron chi connectivity index (χ0n) is 12.7. The van der Waals surface area contributed by atoms with Crippen LogP contribution in [0.15, 0.2) is 18.5 Å². The van der Waals surface area contributed by atoms with Crippen molar-refractivity contribution < 1.29 is 13.2 Å². The maximum Gasteiger partial charge on any atom is 0.416 e. The van der Waals surface area contributed by atoms with Gasteiger partial charge in [0.2, 0.25) is 0 Å². The van der Waals surface area contributed by atoms with Gasteiger partial charge in [-0.1, -0.05) is 27.2 Å². The molecule has 0 saturated heterocycles. The van der Waals surface area contributed by atoms with E-state index in [1.807, 2.05) is 13.8 Å². The molecule has 21 heavy (non-hydrogen) atoms. The Morgan fingerprint density at radius 1 is 1.19 bits per heavy atom. The molecule has 0 amide bonds. The van der Waals surface area contributed by atoms with Crippen LogP contribution < -0.4 is 5.73 Å². The van der Waals surface area contributed by atoms with Crippen molar-refractivity contribution in [2.75, 3.05) is 0 Å². The first-order chi connectivity index (χ1) is 9.64. The Kier molecular flexibility index (Phi) is 4.34. The van der Waals surface area contributed by atoms with Crippen LogP contribution in [0, 0.1) is 11.8 Å². The van der Waals surface area contributed by atoms with Crippen molar-refractivity contribution >= 4 is 0 Å². The second kappa shape index (κ2) is 5.59. The molecule has 1 aliphatic rings. The summed E-state index contributed by atoms with van der Waals surface area (Å²) in [5.74, 6) is 0.585. The molecule has 2 N–H and O–H groups in total. The summed E-state index contributed by atoms with van der Waals surface area (Å²) in [6.45, 7) is 5.87. The van der Waals surface area contributed by atoms with Gasteiger partial charge in [-0.3, -0.25) is 4.98 Å². The molecule has 1 aromatic heterocycles. The first-order valence-electron chi connectivity index (χ1n) is 7.41. The molecule has 1 saturated carbocycles. The number of aromatic nitrogens is 1. The fourth-order valence-corrected chi connectivity index (χ4v) is 3.68. The van der Waals surface area contributed by atoms with Crippen molar-refractivity contribution in [1.82, 2.24) is 4.98 Å². The first-order valence-corrected chi connectivity index (χ1v) is 7.41. The molecule has 3 atom stereocenters. The molecule has 1 fully saturated rings. The van der Waals surface area contributed by atoms with Crippen LogP contribution in [0.25, 0.3) is 0 Å². The number of nitrogens with two attached hydrogens (primary N) is 1.